The zero-order chi connectivity index (χ0) is 22.2. The highest BCUT2D eigenvalue weighted by molar-refractivity contribution is 7.94. The average Bonchev–Trinajstić information content (AvgIpc) is 2.77. The predicted molar refractivity (Wildman–Crippen MR) is 119 cm³/mol. The normalized spacial score (nSPS) is 18.8. The first-order chi connectivity index (χ1) is 14.8. The fourth-order valence-electron chi connectivity index (χ4n) is 4.21. The van der Waals surface area contributed by atoms with Gasteiger partial charge in [-0.25, -0.2) is 13.1 Å². The Kier molecular flexibility index (Phi) is 5.81. The molecule has 0 aromatic heterocycles. The van der Waals surface area contributed by atoms with Crippen molar-refractivity contribution in [3.63, 3.8) is 0 Å². The number of hydrogen-bond donors (Lipinski definition) is 1. The molecular weight excluding hydrogens is 412 g/mol. The lowest BCUT2D eigenvalue weighted by atomic mass is 9.90. The first-order valence-corrected chi connectivity index (χ1v) is 12.0. The Morgan fingerprint density at radius 2 is 1.45 bits per heavy atom. The van der Waals surface area contributed by atoms with Crippen molar-refractivity contribution in [1.82, 2.24) is 9.62 Å². The molecule has 1 unspecified atom stereocenters. The van der Waals surface area contributed by atoms with Crippen LogP contribution >= 0.6 is 0 Å². The number of ketones is 2. The van der Waals surface area contributed by atoms with Gasteiger partial charge in [0.1, 0.15) is 5.70 Å². The molecule has 4 rings (SSSR count). The average molecular weight is 439 g/mol. The molecule has 7 heteroatoms. The number of fused-ring (bicyclic) bond motifs is 1. The van der Waals surface area contributed by atoms with E-state index in [-0.39, 0.29) is 16.8 Å². The molecule has 1 aliphatic heterocycles. The second kappa shape index (κ2) is 8.40. The fourth-order valence-corrected chi connectivity index (χ4v) is 5.76. The third-order valence-electron chi connectivity index (χ3n) is 6.05. The van der Waals surface area contributed by atoms with Gasteiger partial charge in [-0.15, -0.1) is 0 Å². The molecule has 1 heterocycles. The van der Waals surface area contributed by atoms with Gasteiger partial charge in [-0.1, -0.05) is 61.5 Å². The predicted octanol–water partition coefficient (Wildman–Crippen LogP) is 3.69. The smallest absolute Gasteiger partial charge is 0.247 e. The Hall–Kier alpha value is -2.77. The molecule has 1 atom stereocenters. The van der Waals surface area contributed by atoms with Gasteiger partial charge in [-0.2, -0.15) is 0 Å². The number of carbonyl (C=O) groups is 2. The minimum absolute atomic E-state index is 0.00311. The highest BCUT2D eigenvalue weighted by Gasteiger charge is 2.42. The van der Waals surface area contributed by atoms with Gasteiger partial charge in [0.15, 0.2) is 4.91 Å². The highest BCUT2D eigenvalue weighted by Crippen LogP contribution is 2.33. The first kappa shape index (κ1) is 21.5. The van der Waals surface area contributed by atoms with Crippen LogP contribution < -0.4 is 4.72 Å². The topological polar surface area (TPSA) is 83.6 Å². The lowest BCUT2D eigenvalue weighted by Crippen LogP contribution is -2.42. The Bertz CT molecular complexity index is 1150. The quantitative estimate of drug-likeness (QED) is 0.770. The van der Waals surface area contributed by atoms with Gasteiger partial charge in [0, 0.05) is 30.3 Å². The third kappa shape index (κ3) is 4.07. The number of piperidine rings is 1. The van der Waals surface area contributed by atoms with Crippen LogP contribution in [0.25, 0.3) is 0 Å². The summed E-state index contributed by atoms with van der Waals surface area (Å²) in [7, 11) is -4.25. The molecule has 2 aromatic carbocycles. The molecule has 0 saturated carbocycles. The number of rotatable bonds is 5. The van der Waals surface area contributed by atoms with E-state index in [0.29, 0.717) is 19.0 Å². The monoisotopic (exact) mass is 438 g/mol. The van der Waals surface area contributed by atoms with Crippen LogP contribution in [-0.2, 0) is 10.0 Å². The largest absolute Gasteiger partial charge is 0.367 e. The van der Waals surface area contributed by atoms with E-state index in [1.807, 2.05) is 30.3 Å². The van der Waals surface area contributed by atoms with E-state index in [4.69, 9.17) is 0 Å². The molecule has 0 spiro atoms. The fraction of sp³-hybridized carbons (Fsp3) is 0.333. The molecule has 31 heavy (non-hydrogen) atoms. The lowest BCUT2D eigenvalue weighted by Gasteiger charge is -2.36. The number of nitrogens with zero attached hydrogens (tertiary/aromatic N) is 1. The van der Waals surface area contributed by atoms with Crippen molar-refractivity contribution in [3.05, 3.63) is 81.9 Å². The molecule has 6 nitrogen and oxygen atoms in total. The van der Waals surface area contributed by atoms with Gasteiger partial charge in [-0.05, 0) is 31.2 Å². The third-order valence-corrected chi connectivity index (χ3v) is 7.63. The minimum atomic E-state index is -4.25. The van der Waals surface area contributed by atoms with E-state index < -0.39 is 32.5 Å². The van der Waals surface area contributed by atoms with Gasteiger partial charge < -0.3 is 4.90 Å². The molecule has 1 fully saturated rings. The number of hydrogen-bond acceptors (Lipinski definition) is 5. The van der Waals surface area contributed by atoms with Gasteiger partial charge in [0.2, 0.25) is 21.6 Å². The van der Waals surface area contributed by atoms with E-state index in [1.54, 1.807) is 30.0 Å². The zero-order valence-electron chi connectivity index (χ0n) is 17.7. The second-order valence-electron chi connectivity index (χ2n) is 8.30. The molecule has 1 aliphatic carbocycles. The van der Waals surface area contributed by atoms with E-state index in [9.17, 15) is 18.0 Å². The molecule has 2 aromatic rings. The molecule has 0 bridgehead atoms. The van der Waals surface area contributed by atoms with Crippen LogP contribution in [0.5, 0.6) is 0 Å². The van der Waals surface area contributed by atoms with Crippen LogP contribution in [0.3, 0.4) is 0 Å². The van der Waals surface area contributed by atoms with Crippen LogP contribution in [0.2, 0.25) is 0 Å². The molecule has 0 amide bonds. The van der Waals surface area contributed by atoms with E-state index in [2.05, 4.69) is 11.6 Å². The highest BCUT2D eigenvalue weighted by atomic mass is 32.2. The summed E-state index contributed by atoms with van der Waals surface area (Å²) in [5, 5.41) is 0. The summed E-state index contributed by atoms with van der Waals surface area (Å²) in [5.74, 6) is -0.538. The van der Waals surface area contributed by atoms with Crippen molar-refractivity contribution < 1.29 is 18.0 Å². The van der Waals surface area contributed by atoms with Gasteiger partial charge in [0.25, 0.3) is 0 Å². The van der Waals surface area contributed by atoms with Crippen molar-refractivity contribution >= 4 is 21.6 Å². The standard InChI is InChI=1S/C24H26N2O4S/c1-16-12-14-26(15-13-16)21-22(27)19-10-6-7-11-20(19)23(28)24(21)31(29,30)25-17(2)18-8-4-3-5-9-18/h3-11,16-17,25H,12-15H2,1-2H3. The summed E-state index contributed by atoms with van der Waals surface area (Å²) in [6, 6.07) is 15.0. The van der Waals surface area contributed by atoms with Crippen LogP contribution in [0.1, 0.15) is 59.0 Å². The number of carbonyl (C=O) groups excluding carboxylic acids is 2. The summed E-state index contributed by atoms with van der Waals surface area (Å²) in [5.41, 5.74) is 1.17. The molecule has 0 radical (unpaired) electrons. The summed E-state index contributed by atoms with van der Waals surface area (Å²) < 4.78 is 29.6. The van der Waals surface area contributed by atoms with Crippen molar-refractivity contribution in [3.8, 4) is 0 Å². The van der Waals surface area contributed by atoms with Crippen LogP contribution in [-0.4, -0.2) is 38.0 Å². The van der Waals surface area contributed by atoms with Crippen LogP contribution in [0, 0.1) is 5.92 Å². The SMILES string of the molecule is CC1CCN(C2=C(S(=O)(=O)NC(C)c3ccccc3)C(=O)c3ccccc3C2=O)CC1. The Labute approximate surface area is 183 Å². The summed E-state index contributed by atoms with van der Waals surface area (Å²) in [6.45, 7) is 4.95. The first-order valence-electron chi connectivity index (χ1n) is 10.5. The molecule has 2 aliphatic rings. The molecule has 1 saturated heterocycles. The van der Waals surface area contributed by atoms with Crippen molar-refractivity contribution in [2.75, 3.05) is 13.1 Å². The lowest BCUT2D eigenvalue weighted by molar-refractivity contribution is 0.0932. The Morgan fingerprint density at radius 1 is 0.903 bits per heavy atom. The van der Waals surface area contributed by atoms with Gasteiger partial charge >= 0.3 is 0 Å². The van der Waals surface area contributed by atoms with Gasteiger partial charge in [0.05, 0.1) is 0 Å². The maximum absolute atomic E-state index is 13.5. The van der Waals surface area contributed by atoms with E-state index >= 15 is 0 Å². The van der Waals surface area contributed by atoms with E-state index in [0.717, 1.165) is 18.4 Å². The Morgan fingerprint density at radius 3 is 2.06 bits per heavy atom. The number of allylic oxidation sites excluding steroid dienone is 2. The molecular formula is C24H26N2O4S. The van der Waals surface area contributed by atoms with Crippen molar-refractivity contribution in [2.24, 2.45) is 5.92 Å². The molecule has 1 N–H and O–H groups in total. The van der Waals surface area contributed by atoms with Crippen molar-refractivity contribution in [1.29, 1.82) is 0 Å². The Balaban J connectivity index is 1.80. The van der Waals surface area contributed by atoms with Crippen LogP contribution in [0.4, 0.5) is 0 Å². The second-order valence-corrected chi connectivity index (χ2v) is 9.96. The van der Waals surface area contributed by atoms with Crippen molar-refractivity contribution in [2.45, 2.75) is 32.7 Å². The van der Waals surface area contributed by atoms with Crippen LogP contribution in [0.15, 0.2) is 65.2 Å². The summed E-state index contributed by atoms with van der Waals surface area (Å²) in [6.07, 6.45) is 1.68. The van der Waals surface area contributed by atoms with Gasteiger partial charge in [-0.3, -0.25) is 9.59 Å². The maximum Gasteiger partial charge on any atom is 0.247 e. The minimum Gasteiger partial charge on any atom is -0.367 e. The number of likely N-dealkylation sites (tertiary alicyclic amines) is 1. The maximum atomic E-state index is 13.5. The number of Topliss-reactive ketones (excluding diaryl/α,β-unsaturated/α-hetero) is 2. The number of nitrogens with one attached hydrogen (secondary N) is 1. The van der Waals surface area contributed by atoms with E-state index in [1.165, 1.54) is 6.07 Å². The summed E-state index contributed by atoms with van der Waals surface area (Å²) in [4.78, 5) is 28.1. The number of benzene rings is 2. The summed E-state index contributed by atoms with van der Waals surface area (Å²) >= 11 is 0. The number of sulfonamides is 1. The molecule has 162 valence electrons. The zero-order valence-corrected chi connectivity index (χ0v) is 18.5.